The number of hydrogen-bond acceptors (Lipinski definition) is 4. The van der Waals surface area contributed by atoms with Crippen LogP contribution in [-0.2, 0) is 0 Å². The van der Waals surface area contributed by atoms with Crippen molar-refractivity contribution in [3.63, 3.8) is 0 Å². The molecule has 0 aliphatic carbocycles. The van der Waals surface area contributed by atoms with Crippen LogP contribution in [0.25, 0.3) is 10.1 Å². The maximum Gasteiger partial charge on any atom is 0.137 e. The maximum absolute atomic E-state index is 6.06. The molecule has 1 aliphatic rings. The molecule has 0 radical (unpaired) electrons. The Morgan fingerprint density at radius 2 is 2.39 bits per heavy atom. The molecule has 2 atom stereocenters. The van der Waals surface area contributed by atoms with Gasteiger partial charge < -0.3 is 10.6 Å². The van der Waals surface area contributed by atoms with Gasteiger partial charge in [-0.1, -0.05) is 0 Å². The van der Waals surface area contributed by atoms with Gasteiger partial charge in [0.15, 0.2) is 0 Å². The van der Waals surface area contributed by atoms with E-state index < -0.39 is 0 Å². The van der Waals surface area contributed by atoms with E-state index in [-0.39, 0.29) is 6.04 Å². The van der Waals surface area contributed by atoms with Gasteiger partial charge in [0, 0.05) is 35.4 Å². The summed E-state index contributed by atoms with van der Waals surface area (Å²) >= 11 is 1.78. The van der Waals surface area contributed by atoms with Gasteiger partial charge >= 0.3 is 0 Å². The van der Waals surface area contributed by atoms with E-state index in [0.29, 0.717) is 5.92 Å². The standard InChI is InChI=1S/C14H19N3S/c1-10(15)11-3-2-7-17(9-11)14-12-5-8-18-13(12)4-6-16-14/h4-6,8,10-11H,2-3,7,9,15H2,1H3. The maximum atomic E-state index is 6.06. The van der Waals surface area contributed by atoms with E-state index in [1.807, 2.05) is 6.20 Å². The number of aromatic nitrogens is 1. The third-order valence-electron chi connectivity index (χ3n) is 3.86. The van der Waals surface area contributed by atoms with Gasteiger partial charge in [0.1, 0.15) is 5.82 Å². The zero-order valence-corrected chi connectivity index (χ0v) is 11.5. The number of piperidine rings is 1. The monoisotopic (exact) mass is 261 g/mol. The first-order valence-electron chi connectivity index (χ1n) is 6.58. The van der Waals surface area contributed by atoms with Crippen molar-refractivity contribution in [2.75, 3.05) is 18.0 Å². The van der Waals surface area contributed by atoms with E-state index in [0.717, 1.165) is 18.9 Å². The van der Waals surface area contributed by atoms with Crippen LogP contribution in [0.3, 0.4) is 0 Å². The average molecular weight is 261 g/mol. The van der Waals surface area contributed by atoms with E-state index in [1.54, 1.807) is 11.3 Å². The number of pyridine rings is 1. The lowest BCUT2D eigenvalue weighted by Gasteiger charge is -2.35. The first kappa shape index (κ1) is 11.9. The molecule has 18 heavy (non-hydrogen) atoms. The SMILES string of the molecule is CC(N)C1CCCN(c2nccc3sccc23)C1. The fourth-order valence-corrected chi connectivity index (χ4v) is 3.54. The molecule has 2 unspecified atom stereocenters. The van der Waals surface area contributed by atoms with Crippen LogP contribution in [-0.4, -0.2) is 24.1 Å². The molecule has 2 N–H and O–H groups in total. The lowest BCUT2D eigenvalue weighted by atomic mass is 9.92. The number of hydrogen-bond donors (Lipinski definition) is 1. The molecule has 0 saturated carbocycles. The molecule has 0 spiro atoms. The van der Waals surface area contributed by atoms with E-state index in [1.165, 1.54) is 22.9 Å². The largest absolute Gasteiger partial charge is 0.356 e. The summed E-state index contributed by atoms with van der Waals surface area (Å²) in [5.74, 6) is 1.73. The molecule has 96 valence electrons. The van der Waals surface area contributed by atoms with Gasteiger partial charge in [-0.25, -0.2) is 4.98 Å². The Hall–Kier alpha value is -1.13. The van der Waals surface area contributed by atoms with E-state index in [9.17, 15) is 0 Å². The van der Waals surface area contributed by atoms with Crippen LogP contribution in [0.5, 0.6) is 0 Å². The second-order valence-corrected chi connectivity index (χ2v) is 6.12. The van der Waals surface area contributed by atoms with Crippen molar-refractivity contribution in [2.24, 2.45) is 11.7 Å². The quantitative estimate of drug-likeness (QED) is 0.904. The van der Waals surface area contributed by atoms with E-state index >= 15 is 0 Å². The smallest absolute Gasteiger partial charge is 0.137 e. The van der Waals surface area contributed by atoms with Crippen LogP contribution in [0.2, 0.25) is 0 Å². The first-order valence-corrected chi connectivity index (χ1v) is 7.46. The molecule has 0 amide bonds. The predicted octanol–water partition coefficient (Wildman–Crippen LogP) is 2.86. The Kier molecular flexibility index (Phi) is 3.22. The van der Waals surface area contributed by atoms with Gasteiger partial charge in [-0.2, -0.15) is 0 Å². The minimum atomic E-state index is 0.273. The van der Waals surface area contributed by atoms with Crippen molar-refractivity contribution in [2.45, 2.75) is 25.8 Å². The van der Waals surface area contributed by atoms with Crippen LogP contribution in [0.15, 0.2) is 23.7 Å². The number of fused-ring (bicyclic) bond motifs is 1. The summed E-state index contributed by atoms with van der Waals surface area (Å²) in [4.78, 5) is 7.00. The van der Waals surface area contributed by atoms with Crippen LogP contribution in [0.4, 0.5) is 5.82 Å². The second kappa shape index (κ2) is 4.86. The minimum absolute atomic E-state index is 0.273. The zero-order chi connectivity index (χ0) is 12.5. The van der Waals surface area contributed by atoms with Crippen molar-refractivity contribution in [1.82, 2.24) is 4.98 Å². The first-order chi connectivity index (χ1) is 8.75. The fraction of sp³-hybridized carbons (Fsp3) is 0.500. The molecular weight excluding hydrogens is 242 g/mol. The van der Waals surface area contributed by atoms with Crippen LogP contribution >= 0.6 is 11.3 Å². The highest BCUT2D eigenvalue weighted by Crippen LogP contribution is 2.31. The second-order valence-electron chi connectivity index (χ2n) is 5.17. The molecular formula is C14H19N3S. The predicted molar refractivity (Wildman–Crippen MR) is 78.2 cm³/mol. The van der Waals surface area contributed by atoms with Gasteiger partial charge in [0.05, 0.1) is 0 Å². The molecule has 0 bridgehead atoms. The summed E-state index contributed by atoms with van der Waals surface area (Å²) in [6.07, 6.45) is 4.38. The summed E-state index contributed by atoms with van der Waals surface area (Å²) in [6, 6.07) is 4.54. The van der Waals surface area contributed by atoms with E-state index in [2.05, 4.69) is 34.3 Å². The minimum Gasteiger partial charge on any atom is -0.356 e. The number of anilines is 1. The van der Waals surface area contributed by atoms with Crippen LogP contribution in [0, 0.1) is 5.92 Å². The number of nitrogens with zero attached hydrogens (tertiary/aromatic N) is 2. The number of rotatable bonds is 2. The molecule has 3 rings (SSSR count). The summed E-state index contributed by atoms with van der Waals surface area (Å²) in [5, 5.41) is 3.43. The fourth-order valence-electron chi connectivity index (χ4n) is 2.76. The highest BCUT2D eigenvalue weighted by atomic mass is 32.1. The highest BCUT2D eigenvalue weighted by Gasteiger charge is 2.24. The lowest BCUT2D eigenvalue weighted by Crippen LogP contribution is -2.42. The van der Waals surface area contributed by atoms with Gasteiger partial charge in [-0.15, -0.1) is 11.3 Å². The molecule has 1 saturated heterocycles. The molecule has 3 nitrogen and oxygen atoms in total. The highest BCUT2D eigenvalue weighted by molar-refractivity contribution is 7.17. The number of nitrogens with two attached hydrogens (primary N) is 1. The van der Waals surface area contributed by atoms with Crippen molar-refractivity contribution in [3.05, 3.63) is 23.7 Å². The summed E-state index contributed by atoms with van der Waals surface area (Å²) in [6.45, 7) is 4.26. The summed E-state index contributed by atoms with van der Waals surface area (Å²) < 4.78 is 1.32. The van der Waals surface area contributed by atoms with Gasteiger partial charge in [0.25, 0.3) is 0 Å². The van der Waals surface area contributed by atoms with Gasteiger partial charge in [0.2, 0.25) is 0 Å². The van der Waals surface area contributed by atoms with Crippen molar-refractivity contribution >= 4 is 27.2 Å². The summed E-state index contributed by atoms with van der Waals surface area (Å²) in [7, 11) is 0. The molecule has 2 aromatic heterocycles. The molecule has 3 heterocycles. The molecule has 1 fully saturated rings. The Labute approximate surface area is 112 Å². The molecule has 2 aromatic rings. The van der Waals surface area contributed by atoms with Crippen molar-refractivity contribution in [3.8, 4) is 0 Å². The van der Waals surface area contributed by atoms with E-state index in [4.69, 9.17) is 5.73 Å². The Bertz CT molecular complexity index is 535. The summed E-state index contributed by atoms with van der Waals surface area (Å²) in [5.41, 5.74) is 6.06. The Morgan fingerprint density at radius 1 is 1.50 bits per heavy atom. The van der Waals surface area contributed by atoms with Gasteiger partial charge in [-0.3, -0.25) is 0 Å². The van der Waals surface area contributed by atoms with Crippen molar-refractivity contribution in [1.29, 1.82) is 0 Å². The average Bonchev–Trinajstić information content (AvgIpc) is 2.87. The Morgan fingerprint density at radius 3 is 3.22 bits per heavy atom. The molecule has 1 aliphatic heterocycles. The zero-order valence-electron chi connectivity index (χ0n) is 10.7. The number of thiophene rings is 1. The lowest BCUT2D eigenvalue weighted by molar-refractivity contribution is 0.363. The van der Waals surface area contributed by atoms with Crippen LogP contribution < -0.4 is 10.6 Å². The van der Waals surface area contributed by atoms with Gasteiger partial charge in [-0.05, 0) is 43.2 Å². The third-order valence-corrected chi connectivity index (χ3v) is 4.74. The third kappa shape index (κ3) is 2.10. The topological polar surface area (TPSA) is 42.1 Å². The molecule has 4 heteroatoms. The Balaban J connectivity index is 1.92. The van der Waals surface area contributed by atoms with Crippen LogP contribution in [0.1, 0.15) is 19.8 Å². The van der Waals surface area contributed by atoms with Crippen molar-refractivity contribution < 1.29 is 0 Å². The normalized spacial score (nSPS) is 22.3. The molecule has 0 aromatic carbocycles.